The molecule has 1 unspecified atom stereocenters. The van der Waals surface area contributed by atoms with Crippen LogP contribution in [0.5, 0.6) is 0 Å². The van der Waals surface area contributed by atoms with E-state index in [1.807, 2.05) is 0 Å². The highest BCUT2D eigenvalue weighted by atomic mass is 79.9. The second-order valence-electron chi connectivity index (χ2n) is 5.28. The van der Waals surface area contributed by atoms with E-state index in [4.69, 9.17) is 5.73 Å². The lowest BCUT2D eigenvalue weighted by Gasteiger charge is -2.19. The molecule has 0 radical (unpaired) electrons. The van der Waals surface area contributed by atoms with Crippen LogP contribution in [0, 0.1) is 11.8 Å². The molecule has 1 nitrogen and oxygen atoms in total. The van der Waals surface area contributed by atoms with Crippen molar-refractivity contribution >= 4 is 15.9 Å². The molecule has 17 heavy (non-hydrogen) atoms. The van der Waals surface area contributed by atoms with Gasteiger partial charge in [-0.2, -0.15) is 0 Å². The molecule has 2 heteroatoms. The molecule has 1 fully saturated rings. The highest BCUT2D eigenvalue weighted by Gasteiger charge is 2.20. The lowest BCUT2D eigenvalue weighted by molar-refractivity contribution is 0.379. The van der Waals surface area contributed by atoms with Gasteiger partial charge in [0.25, 0.3) is 0 Å². The molecule has 1 aromatic rings. The molecule has 2 rings (SSSR count). The minimum absolute atomic E-state index is 0.650. The molecule has 0 aliphatic heterocycles. The van der Waals surface area contributed by atoms with Crippen LogP contribution >= 0.6 is 15.9 Å². The lowest BCUT2D eigenvalue weighted by Crippen LogP contribution is -2.19. The van der Waals surface area contributed by atoms with Gasteiger partial charge in [0.2, 0.25) is 0 Å². The van der Waals surface area contributed by atoms with Gasteiger partial charge in [-0.25, -0.2) is 0 Å². The Hall–Kier alpha value is -0.340. The van der Waals surface area contributed by atoms with E-state index in [-0.39, 0.29) is 0 Å². The number of nitrogens with two attached hydrogens (primary N) is 1. The Morgan fingerprint density at radius 2 is 1.94 bits per heavy atom. The fourth-order valence-electron chi connectivity index (χ4n) is 2.96. The molecule has 1 aromatic carbocycles. The van der Waals surface area contributed by atoms with Gasteiger partial charge < -0.3 is 5.73 Å². The Bertz CT molecular complexity index is 345. The van der Waals surface area contributed by atoms with Gasteiger partial charge in [0.15, 0.2) is 0 Å². The Labute approximate surface area is 113 Å². The molecule has 0 heterocycles. The summed E-state index contributed by atoms with van der Waals surface area (Å²) in [5.41, 5.74) is 7.34. The fraction of sp³-hybridized carbons (Fsp3) is 0.600. The number of rotatable bonds is 5. The average molecular weight is 296 g/mol. The summed E-state index contributed by atoms with van der Waals surface area (Å²) >= 11 is 3.63. The average Bonchev–Trinajstić information content (AvgIpc) is 2.84. The monoisotopic (exact) mass is 295 g/mol. The van der Waals surface area contributed by atoms with Crippen LogP contribution in [0.2, 0.25) is 0 Å². The van der Waals surface area contributed by atoms with E-state index in [1.165, 1.54) is 42.1 Å². The fourth-order valence-corrected chi connectivity index (χ4v) is 3.40. The van der Waals surface area contributed by atoms with Crippen LogP contribution < -0.4 is 5.73 Å². The van der Waals surface area contributed by atoms with Crippen molar-refractivity contribution in [2.75, 3.05) is 6.54 Å². The van der Waals surface area contributed by atoms with Gasteiger partial charge in [0.05, 0.1) is 0 Å². The molecule has 1 saturated carbocycles. The third-order valence-corrected chi connectivity index (χ3v) is 4.71. The van der Waals surface area contributed by atoms with Crippen molar-refractivity contribution in [2.45, 2.75) is 38.5 Å². The first-order chi connectivity index (χ1) is 8.29. The first-order valence-electron chi connectivity index (χ1n) is 6.73. The summed E-state index contributed by atoms with van der Waals surface area (Å²) in [6.07, 6.45) is 8.14. The van der Waals surface area contributed by atoms with Crippen LogP contribution in [-0.2, 0) is 6.42 Å². The topological polar surface area (TPSA) is 26.0 Å². The molecule has 0 spiro atoms. The molecule has 1 aliphatic rings. The largest absolute Gasteiger partial charge is 0.330 e. The summed E-state index contributed by atoms with van der Waals surface area (Å²) in [4.78, 5) is 0. The minimum atomic E-state index is 0.650. The van der Waals surface area contributed by atoms with E-state index in [0.717, 1.165) is 18.9 Å². The van der Waals surface area contributed by atoms with Crippen molar-refractivity contribution in [3.63, 3.8) is 0 Å². The van der Waals surface area contributed by atoms with E-state index in [9.17, 15) is 0 Å². The minimum Gasteiger partial charge on any atom is -0.330 e. The first kappa shape index (κ1) is 13.1. The van der Waals surface area contributed by atoms with Crippen LogP contribution in [0.1, 0.15) is 37.7 Å². The first-order valence-corrected chi connectivity index (χ1v) is 7.52. The number of hydrogen-bond donors (Lipinski definition) is 1. The maximum Gasteiger partial charge on any atom is 0.0207 e. The smallest absolute Gasteiger partial charge is 0.0207 e. The SMILES string of the molecule is NCC(Cc1ccccc1Br)CC1CCCC1. The predicted molar refractivity (Wildman–Crippen MR) is 77.0 cm³/mol. The Kier molecular flexibility index (Phi) is 5.05. The standard InChI is InChI=1S/C15H22BrN/c16-15-8-4-3-7-14(15)10-13(11-17)9-12-5-1-2-6-12/h3-4,7-8,12-13H,1-2,5-6,9-11,17H2. The molecule has 0 bridgehead atoms. The van der Waals surface area contributed by atoms with E-state index < -0.39 is 0 Å². The van der Waals surface area contributed by atoms with Crippen molar-refractivity contribution in [3.05, 3.63) is 34.3 Å². The van der Waals surface area contributed by atoms with Crippen molar-refractivity contribution < 1.29 is 0 Å². The van der Waals surface area contributed by atoms with Gasteiger partial charge in [-0.3, -0.25) is 0 Å². The van der Waals surface area contributed by atoms with Gasteiger partial charge in [-0.15, -0.1) is 0 Å². The van der Waals surface area contributed by atoms with E-state index in [1.54, 1.807) is 0 Å². The summed E-state index contributed by atoms with van der Waals surface area (Å²) in [6, 6.07) is 8.52. The Morgan fingerprint density at radius 3 is 2.59 bits per heavy atom. The van der Waals surface area contributed by atoms with Crippen LogP contribution in [-0.4, -0.2) is 6.54 Å². The summed E-state index contributed by atoms with van der Waals surface area (Å²) in [5.74, 6) is 1.59. The van der Waals surface area contributed by atoms with Gasteiger partial charge in [-0.05, 0) is 42.9 Å². The second-order valence-corrected chi connectivity index (χ2v) is 6.14. The summed E-state index contributed by atoms with van der Waals surface area (Å²) in [7, 11) is 0. The number of halogens is 1. The lowest BCUT2D eigenvalue weighted by atomic mass is 9.88. The van der Waals surface area contributed by atoms with E-state index in [0.29, 0.717) is 5.92 Å². The molecule has 2 N–H and O–H groups in total. The molecule has 1 atom stereocenters. The second kappa shape index (κ2) is 6.55. The van der Waals surface area contributed by atoms with Gasteiger partial charge in [0.1, 0.15) is 0 Å². The molecular formula is C15H22BrN. The Balaban J connectivity index is 1.92. The maximum atomic E-state index is 5.93. The molecule has 1 aliphatic carbocycles. The van der Waals surface area contributed by atoms with Crippen molar-refractivity contribution in [1.82, 2.24) is 0 Å². The van der Waals surface area contributed by atoms with Crippen molar-refractivity contribution in [2.24, 2.45) is 17.6 Å². The molecule has 0 amide bonds. The molecular weight excluding hydrogens is 274 g/mol. The molecule has 0 aromatic heterocycles. The molecule has 0 saturated heterocycles. The quantitative estimate of drug-likeness (QED) is 0.868. The van der Waals surface area contributed by atoms with Gasteiger partial charge in [-0.1, -0.05) is 59.8 Å². The predicted octanol–water partition coefficient (Wildman–Crippen LogP) is 4.15. The molecule has 94 valence electrons. The third-order valence-electron chi connectivity index (χ3n) is 3.94. The summed E-state index contributed by atoms with van der Waals surface area (Å²) in [6.45, 7) is 0.817. The van der Waals surface area contributed by atoms with Gasteiger partial charge in [0, 0.05) is 4.47 Å². The van der Waals surface area contributed by atoms with E-state index >= 15 is 0 Å². The van der Waals surface area contributed by atoms with E-state index in [2.05, 4.69) is 40.2 Å². The zero-order valence-electron chi connectivity index (χ0n) is 10.4. The Morgan fingerprint density at radius 1 is 1.24 bits per heavy atom. The number of benzene rings is 1. The maximum absolute atomic E-state index is 5.93. The van der Waals surface area contributed by atoms with Crippen molar-refractivity contribution in [3.8, 4) is 0 Å². The van der Waals surface area contributed by atoms with Crippen LogP contribution in [0.4, 0.5) is 0 Å². The summed E-state index contributed by atoms with van der Waals surface area (Å²) < 4.78 is 1.23. The highest BCUT2D eigenvalue weighted by molar-refractivity contribution is 9.10. The highest BCUT2D eigenvalue weighted by Crippen LogP contribution is 2.31. The zero-order valence-corrected chi connectivity index (χ0v) is 12.0. The van der Waals surface area contributed by atoms with Crippen LogP contribution in [0.3, 0.4) is 0 Å². The summed E-state index contributed by atoms with van der Waals surface area (Å²) in [5, 5.41) is 0. The number of hydrogen-bond acceptors (Lipinski definition) is 1. The van der Waals surface area contributed by atoms with Crippen LogP contribution in [0.25, 0.3) is 0 Å². The van der Waals surface area contributed by atoms with Crippen molar-refractivity contribution in [1.29, 1.82) is 0 Å². The third kappa shape index (κ3) is 3.82. The van der Waals surface area contributed by atoms with Gasteiger partial charge >= 0.3 is 0 Å². The zero-order chi connectivity index (χ0) is 12.1. The van der Waals surface area contributed by atoms with Crippen LogP contribution in [0.15, 0.2) is 28.7 Å². The normalized spacial score (nSPS) is 18.5.